The molecule has 134 valence electrons. The van der Waals surface area contributed by atoms with E-state index in [1.165, 1.54) is 17.2 Å². The van der Waals surface area contributed by atoms with Crippen LogP contribution in [0.2, 0.25) is 0 Å². The normalized spacial score (nSPS) is 16.9. The Bertz CT molecular complexity index is 1020. The monoisotopic (exact) mass is 359 g/mol. The second-order valence-electron chi connectivity index (χ2n) is 6.39. The van der Waals surface area contributed by atoms with Crippen LogP contribution in [0.1, 0.15) is 27.7 Å². The molecule has 0 fully saturated rings. The molecule has 0 radical (unpaired) electrons. The molecule has 2 heterocycles. The van der Waals surface area contributed by atoms with Crippen LogP contribution in [0.4, 0.5) is 5.69 Å². The number of carbonyl (C=O) groups excluding carboxylic acids is 2. The summed E-state index contributed by atoms with van der Waals surface area (Å²) in [5.41, 5.74) is 2.39. The number of hydrogen-bond donors (Lipinski definition) is 1. The lowest BCUT2D eigenvalue weighted by Crippen LogP contribution is -2.31. The number of carbonyl (C=O) groups is 2. The highest BCUT2D eigenvalue weighted by molar-refractivity contribution is 6.20. The molecule has 4 rings (SSSR count). The molecule has 0 bridgehead atoms. The fourth-order valence-corrected chi connectivity index (χ4v) is 3.30. The Hall–Kier alpha value is -3.60. The molecule has 1 aliphatic heterocycles. The van der Waals surface area contributed by atoms with Crippen molar-refractivity contribution in [1.29, 1.82) is 0 Å². The van der Waals surface area contributed by atoms with Crippen molar-refractivity contribution in [3.05, 3.63) is 101 Å². The van der Waals surface area contributed by atoms with Gasteiger partial charge in [0.25, 0.3) is 5.91 Å². The number of furan rings is 1. The minimum atomic E-state index is -0.737. The van der Waals surface area contributed by atoms with Gasteiger partial charge in [-0.25, -0.2) is 0 Å². The summed E-state index contributed by atoms with van der Waals surface area (Å²) in [5, 5.41) is 10.6. The van der Waals surface area contributed by atoms with Gasteiger partial charge < -0.3 is 9.52 Å². The maximum Gasteiger partial charge on any atom is 0.294 e. The van der Waals surface area contributed by atoms with Crippen LogP contribution in [0.25, 0.3) is 0 Å². The molecule has 0 aliphatic carbocycles. The van der Waals surface area contributed by atoms with Gasteiger partial charge >= 0.3 is 0 Å². The lowest BCUT2D eigenvalue weighted by molar-refractivity contribution is -0.117. The van der Waals surface area contributed by atoms with E-state index in [0.717, 1.165) is 11.1 Å². The van der Waals surface area contributed by atoms with Crippen molar-refractivity contribution >= 4 is 17.4 Å². The van der Waals surface area contributed by atoms with Gasteiger partial charge in [-0.05, 0) is 36.8 Å². The van der Waals surface area contributed by atoms with Gasteiger partial charge in [0.2, 0.25) is 5.78 Å². The number of nitrogens with zero attached hydrogens (tertiary/aromatic N) is 1. The fraction of sp³-hybridized carbons (Fsp3) is 0.0909. The van der Waals surface area contributed by atoms with Crippen LogP contribution in [-0.4, -0.2) is 16.8 Å². The highest BCUT2D eigenvalue weighted by Gasteiger charge is 2.45. The molecule has 1 atom stereocenters. The van der Waals surface area contributed by atoms with Crippen LogP contribution in [0.3, 0.4) is 0 Å². The lowest BCUT2D eigenvalue weighted by Gasteiger charge is -2.26. The molecule has 3 aromatic rings. The molecular weight excluding hydrogens is 342 g/mol. The van der Waals surface area contributed by atoms with Gasteiger partial charge in [-0.2, -0.15) is 0 Å². The molecule has 1 unspecified atom stereocenters. The molecule has 1 aliphatic rings. The van der Waals surface area contributed by atoms with Crippen molar-refractivity contribution in [3.63, 3.8) is 0 Å². The maximum atomic E-state index is 13.0. The number of aliphatic hydroxyl groups is 1. The summed E-state index contributed by atoms with van der Waals surface area (Å²) in [4.78, 5) is 27.3. The minimum Gasteiger partial charge on any atom is -0.503 e. The van der Waals surface area contributed by atoms with Crippen LogP contribution in [0.5, 0.6) is 0 Å². The van der Waals surface area contributed by atoms with Crippen LogP contribution in [0, 0.1) is 6.92 Å². The quantitative estimate of drug-likeness (QED) is 0.702. The SMILES string of the molecule is Cc1ccc(N2C(=O)C(O)=C(C(=O)c3ccco3)C2c2ccccc2)cc1. The van der Waals surface area contributed by atoms with E-state index in [-0.39, 0.29) is 11.3 Å². The summed E-state index contributed by atoms with van der Waals surface area (Å²) in [7, 11) is 0. The Balaban J connectivity index is 1.87. The van der Waals surface area contributed by atoms with E-state index in [4.69, 9.17) is 4.42 Å². The smallest absolute Gasteiger partial charge is 0.294 e. The molecule has 1 N–H and O–H groups in total. The van der Waals surface area contributed by atoms with Crippen molar-refractivity contribution in [1.82, 2.24) is 0 Å². The summed E-state index contributed by atoms with van der Waals surface area (Å²) in [6, 6.07) is 18.9. The second-order valence-corrected chi connectivity index (χ2v) is 6.39. The van der Waals surface area contributed by atoms with E-state index in [0.29, 0.717) is 5.69 Å². The summed E-state index contributed by atoms with van der Waals surface area (Å²) in [6.45, 7) is 1.95. The fourth-order valence-electron chi connectivity index (χ4n) is 3.30. The Morgan fingerprint density at radius 2 is 1.70 bits per heavy atom. The molecule has 1 amide bonds. The third-order valence-corrected chi connectivity index (χ3v) is 4.63. The first-order chi connectivity index (χ1) is 13.1. The van der Waals surface area contributed by atoms with Gasteiger partial charge in [-0.1, -0.05) is 48.0 Å². The maximum absolute atomic E-state index is 13.0. The van der Waals surface area contributed by atoms with Crippen LogP contribution < -0.4 is 4.90 Å². The standard InChI is InChI=1S/C22H17NO4/c1-14-9-11-16(12-10-14)23-19(15-6-3-2-4-7-15)18(21(25)22(23)26)20(24)17-8-5-13-27-17/h2-13,19,25H,1H3. The number of Topliss-reactive ketones (excluding diaryl/α,β-unsaturated/α-hetero) is 1. The Morgan fingerprint density at radius 3 is 2.33 bits per heavy atom. The van der Waals surface area contributed by atoms with Crippen LogP contribution in [0.15, 0.2) is 88.7 Å². The number of rotatable bonds is 4. The van der Waals surface area contributed by atoms with Gasteiger partial charge in [0.1, 0.15) is 0 Å². The van der Waals surface area contributed by atoms with Crippen molar-refractivity contribution < 1.29 is 19.1 Å². The van der Waals surface area contributed by atoms with Crippen LogP contribution in [-0.2, 0) is 4.79 Å². The topological polar surface area (TPSA) is 70.8 Å². The lowest BCUT2D eigenvalue weighted by atomic mass is 9.95. The van der Waals surface area contributed by atoms with E-state index in [2.05, 4.69) is 0 Å². The minimum absolute atomic E-state index is 0.0155. The molecular formula is C22H17NO4. The van der Waals surface area contributed by atoms with Crippen molar-refractivity contribution in [2.45, 2.75) is 13.0 Å². The van der Waals surface area contributed by atoms with Gasteiger partial charge in [0, 0.05) is 5.69 Å². The number of ketones is 1. The van der Waals surface area contributed by atoms with Crippen LogP contribution >= 0.6 is 0 Å². The molecule has 27 heavy (non-hydrogen) atoms. The Labute approximate surface area is 156 Å². The first-order valence-corrected chi connectivity index (χ1v) is 8.54. The van der Waals surface area contributed by atoms with Gasteiger partial charge in [0.15, 0.2) is 11.5 Å². The van der Waals surface area contributed by atoms with E-state index in [9.17, 15) is 14.7 Å². The first-order valence-electron chi connectivity index (χ1n) is 8.54. The average molecular weight is 359 g/mol. The van der Waals surface area contributed by atoms with Gasteiger partial charge in [-0.3, -0.25) is 14.5 Å². The second kappa shape index (κ2) is 6.61. The van der Waals surface area contributed by atoms with Gasteiger partial charge in [0.05, 0.1) is 17.9 Å². The average Bonchev–Trinajstić information content (AvgIpc) is 3.31. The molecule has 5 nitrogen and oxygen atoms in total. The van der Waals surface area contributed by atoms with E-state index >= 15 is 0 Å². The van der Waals surface area contributed by atoms with E-state index < -0.39 is 23.5 Å². The number of aliphatic hydroxyl groups excluding tert-OH is 1. The number of hydrogen-bond acceptors (Lipinski definition) is 4. The zero-order valence-corrected chi connectivity index (χ0v) is 14.6. The molecule has 5 heteroatoms. The highest BCUT2D eigenvalue weighted by atomic mass is 16.3. The predicted molar refractivity (Wildman–Crippen MR) is 101 cm³/mol. The highest BCUT2D eigenvalue weighted by Crippen LogP contribution is 2.41. The molecule has 1 aromatic heterocycles. The number of aryl methyl sites for hydroxylation is 1. The van der Waals surface area contributed by atoms with E-state index in [1.807, 2.05) is 49.4 Å². The summed E-state index contributed by atoms with van der Waals surface area (Å²) >= 11 is 0. The Morgan fingerprint density at radius 1 is 1.00 bits per heavy atom. The molecule has 0 spiro atoms. The molecule has 0 saturated heterocycles. The number of amides is 1. The third kappa shape index (κ3) is 2.83. The molecule has 0 saturated carbocycles. The first kappa shape index (κ1) is 16.8. The van der Waals surface area contributed by atoms with Crippen molar-refractivity contribution in [2.75, 3.05) is 4.90 Å². The molecule has 2 aromatic carbocycles. The van der Waals surface area contributed by atoms with Gasteiger partial charge in [-0.15, -0.1) is 0 Å². The number of benzene rings is 2. The zero-order chi connectivity index (χ0) is 19.0. The predicted octanol–water partition coefficient (Wildman–Crippen LogP) is 4.37. The summed E-state index contributed by atoms with van der Waals surface area (Å²) < 4.78 is 5.21. The van der Waals surface area contributed by atoms with Crippen molar-refractivity contribution in [2.24, 2.45) is 0 Å². The summed E-state index contributed by atoms with van der Waals surface area (Å²) in [6.07, 6.45) is 1.39. The third-order valence-electron chi connectivity index (χ3n) is 4.63. The van der Waals surface area contributed by atoms with E-state index in [1.54, 1.807) is 18.2 Å². The largest absolute Gasteiger partial charge is 0.503 e. The Kier molecular flexibility index (Phi) is 4.12. The summed E-state index contributed by atoms with van der Waals surface area (Å²) in [5.74, 6) is -1.58. The number of anilines is 1. The van der Waals surface area contributed by atoms with Crippen molar-refractivity contribution in [3.8, 4) is 0 Å². The zero-order valence-electron chi connectivity index (χ0n) is 14.6.